The quantitative estimate of drug-likeness (QED) is 0.774. The molecule has 0 saturated heterocycles. The molecule has 2 N–H and O–H groups in total. The van der Waals surface area contributed by atoms with Crippen molar-refractivity contribution < 1.29 is 14.7 Å². The van der Waals surface area contributed by atoms with Crippen LogP contribution in [0.4, 0.5) is 0 Å². The van der Waals surface area contributed by atoms with E-state index in [1.54, 1.807) is 0 Å². The minimum Gasteiger partial charge on any atom is -0.481 e. The van der Waals surface area contributed by atoms with Crippen molar-refractivity contribution in [2.75, 3.05) is 0 Å². The molecule has 0 unspecified atom stereocenters. The Morgan fingerprint density at radius 3 is 2.05 bits per heavy atom. The first kappa shape index (κ1) is 12.9. The summed E-state index contributed by atoms with van der Waals surface area (Å²) in [5.74, 6) is 0.518. The minimum atomic E-state index is -0.783. The second-order valence-corrected chi connectivity index (χ2v) is 6.74. The van der Waals surface area contributed by atoms with Crippen molar-refractivity contribution in [3.05, 3.63) is 0 Å². The standard InChI is InChI=1S/C15H23NO3/c17-12(9-15(14(18)19)7-1-2-8-15)16-13(10-3-4-10)11-5-6-11/h10-11,13H,1-9H2,(H,16,17)(H,18,19). The molecular formula is C15H23NO3. The molecule has 106 valence electrons. The molecule has 0 radical (unpaired) electrons. The average Bonchev–Trinajstić information content (AvgIpc) is 3.27. The third-order valence-corrected chi connectivity index (χ3v) is 5.10. The van der Waals surface area contributed by atoms with Crippen LogP contribution in [0.3, 0.4) is 0 Å². The van der Waals surface area contributed by atoms with E-state index in [2.05, 4.69) is 5.32 Å². The first-order chi connectivity index (χ1) is 9.11. The number of carbonyl (C=O) groups is 2. The zero-order valence-electron chi connectivity index (χ0n) is 11.4. The van der Waals surface area contributed by atoms with Gasteiger partial charge in [-0.15, -0.1) is 0 Å². The van der Waals surface area contributed by atoms with E-state index in [9.17, 15) is 14.7 Å². The topological polar surface area (TPSA) is 66.4 Å². The van der Waals surface area contributed by atoms with Crippen molar-refractivity contribution in [1.82, 2.24) is 5.32 Å². The first-order valence-electron chi connectivity index (χ1n) is 7.63. The molecule has 0 aliphatic heterocycles. The fraction of sp³-hybridized carbons (Fsp3) is 0.867. The Hall–Kier alpha value is -1.06. The van der Waals surface area contributed by atoms with Crippen LogP contribution in [0.1, 0.15) is 57.8 Å². The molecule has 4 nitrogen and oxygen atoms in total. The SMILES string of the molecule is O=C(CC1(C(=O)O)CCCC1)NC(C1CC1)C1CC1. The number of amides is 1. The van der Waals surface area contributed by atoms with Gasteiger partial charge in [0.2, 0.25) is 5.91 Å². The molecule has 0 heterocycles. The number of hydrogen-bond acceptors (Lipinski definition) is 2. The van der Waals surface area contributed by atoms with Gasteiger partial charge >= 0.3 is 5.97 Å². The van der Waals surface area contributed by atoms with Crippen molar-refractivity contribution >= 4 is 11.9 Å². The second kappa shape index (κ2) is 4.80. The van der Waals surface area contributed by atoms with Crippen LogP contribution in [0.2, 0.25) is 0 Å². The molecule has 0 atom stereocenters. The average molecular weight is 265 g/mol. The van der Waals surface area contributed by atoms with Crippen LogP contribution in [0.5, 0.6) is 0 Å². The van der Waals surface area contributed by atoms with Crippen molar-refractivity contribution in [2.45, 2.75) is 63.8 Å². The van der Waals surface area contributed by atoms with E-state index in [0.717, 1.165) is 12.8 Å². The fourth-order valence-electron chi connectivity index (χ4n) is 3.59. The van der Waals surface area contributed by atoms with Crippen molar-refractivity contribution in [3.8, 4) is 0 Å². The molecule has 3 aliphatic carbocycles. The second-order valence-electron chi connectivity index (χ2n) is 6.74. The number of hydrogen-bond donors (Lipinski definition) is 2. The molecule has 0 aromatic rings. The zero-order chi connectivity index (χ0) is 13.5. The van der Waals surface area contributed by atoms with Gasteiger partial charge < -0.3 is 10.4 Å². The van der Waals surface area contributed by atoms with Crippen LogP contribution in [0.15, 0.2) is 0 Å². The summed E-state index contributed by atoms with van der Waals surface area (Å²) in [5, 5.41) is 12.6. The smallest absolute Gasteiger partial charge is 0.310 e. The number of nitrogens with one attached hydrogen (secondary N) is 1. The maximum atomic E-state index is 12.2. The maximum Gasteiger partial charge on any atom is 0.310 e. The highest BCUT2D eigenvalue weighted by molar-refractivity contribution is 5.85. The zero-order valence-corrected chi connectivity index (χ0v) is 11.4. The van der Waals surface area contributed by atoms with Crippen molar-refractivity contribution in [2.24, 2.45) is 17.3 Å². The van der Waals surface area contributed by atoms with Crippen LogP contribution >= 0.6 is 0 Å². The molecule has 0 spiro atoms. The van der Waals surface area contributed by atoms with Crippen molar-refractivity contribution in [1.29, 1.82) is 0 Å². The minimum absolute atomic E-state index is 0.0342. The normalized spacial score (nSPS) is 25.5. The Labute approximate surface area is 113 Å². The van der Waals surface area contributed by atoms with Gasteiger partial charge in [0, 0.05) is 12.5 Å². The highest BCUT2D eigenvalue weighted by Gasteiger charge is 2.46. The molecule has 3 rings (SSSR count). The Balaban J connectivity index is 1.58. The molecule has 19 heavy (non-hydrogen) atoms. The Morgan fingerprint density at radius 2 is 1.63 bits per heavy atom. The van der Waals surface area contributed by atoms with Crippen LogP contribution in [0.25, 0.3) is 0 Å². The lowest BCUT2D eigenvalue weighted by molar-refractivity contribution is -0.151. The van der Waals surface area contributed by atoms with Crippen LogP contribution in [-0.2, 0) is 9.59 Å². The van der Waals surface area contributed by atoms with Gasteiger partial charge in [0.15, 0.2) is 0 Å². The highest BCUT2D eigenvalue weighted by Crippen LogP contribution is 2.45. The van der Waals surface area contributed by atoms with Crippen LogP contribution in [0, 0.1) is 17.3 Å². The fourth-order valence-corrected chi connectivity index (χ4v) is 3.59. The summed E-state index contributed by atoms with van der Waals surface area (Å²) >= 11 is 0. The summed E-state index contributed by atoms with van der Waals surface area (Å²) in [6.45, 7) is 0. The van der Waals surface area contributed by atoms with E-state index in [4.69, 9.17) is 0 Å². The maximum absolute atomic E-state index is 12.2. The lowest BCUT2D eigenvalue weighted by atomic mass is 9.82. The number of carbonyl (C=O) groups excluding carboxylic acids is 1. The van der Waals surface area contributed by atoms with Gasteiger partial charge in [0.1, 0.15) is 0 Å². The largest absolute Gasteiger partial charge is 0.481 e. The van der Waals surface area contributed by atoms with Gasteiger partial charge in [-0.1, -0.05) is 12.8 Å². The first-order valence-corrected chi connectivity index (χ1v) is 7.63. The predicted octanol–water partition coefficient (Wildman–Crippen LogP) is 2.33. The van der Waals surface area contributed by atoms with E-state index in [-0.39, 0.29) is 12.3 Å². The lowest BCUT2D eigenvalue weighted by Crippen LogP contribution is -2.42. The number of rotatable bonds is 6. The van der Waals surface area contributed by atoms with Gasteiger partial charge in [-0.25, -0.2) is 0 Å². The summed E-state index contributed by atoms with van der Waals surface area (Å²) in [6.07, 6.45) is 8.29. The summed E-state index contributed by atoms with van der Waals surface area (Å²) in [7, 11) is 0. The summed E-state index contributed by atoms with van der Waals surface area (Å²) < 4.78 is 0. The van der Waals surface area contributed by atoms with E-state index in [1.807, 2.05) is 0 Å². The Morgan fingerprint density at radius 1 is 1.11 bits per heavy atom. The monoisotopic (exact) mass is 265 g/mol. The lowest BCUT2D eigenvalue weighted by Gasteiger charge is -2.25. The number of carboxylic acids is 1. The van der Waals surface area contributed by atoms with Gasteiger partial charge in [-0.3, -0.25) is 9.59 Å². The van der Waals surface area contributed by atoms with E-state index >= 15 is 0 Å². The highest BCUT2D eigenvalue weighted by atomic mass is 16.4. The van der Waals surface area contributed by atoms with Crippen molar-refractivity contribution in [3.63, 3.8) is 0 Å². The molecule has 0 bridgehead atoms. The molecule has 3 aliphatic rings. The Bertz CT molecular complexity index is 367. The molecule has 0 aromatic carbocycles. The molecular weight excluding hydrogens is 242 g/mol. The summed E-state index contributed by atoms with van der Waals surface area (Å²) in [6, 6.07) is 0.333. The summed E-state index contributed by atoms with van der Waals surface area (Å²) in [5.41, 5.74) is -0.776. The van der Waals surface area contributed by atoms with Crippen LogP contribution in [-0.4, -0.2) is 23.0 Å². The molecule has 3 saturated carbocycles. The Kier molecular flexibility index (Phi) is 3.27. The van der Waals surface area contributed by atoms with Gasteiger partial charge in [0.05, 0.1) is 5.41 Å². The third-order valence-electron chi connectivity index (χ3n) is 5.10. The van der Waals surface area contributed by atoms with E-state index in [1.165, 1.54) is 25.7 Å². The van der Waals surface area contributed by atoms with Crippen LogP contribution < -0.4 is 5.32 Å². The predicted molar refractivity (Wildman–Crippen MR) is 70.5 cm³/mol. The number of carboxylic acid groups (broad SMARTS) is 1. The molecule has 0 aromatic heterocycles. The van der Waals surface area contributed by atoms with Gasteiger partial charge in [-0.2, -0.15) is 0 Å². The van der Waals surface area contributed by atoms with Gasteiger partial charge in [-0.05, 0) is 50.4 Å². The number of aliphatic carboxylic acids is 1. The van der Waals surface area contributed by atoms with E-state index in [0.29, 0.717) is 30.7 Å². The summed E-state index contributed by atoms with van der Waals surface area (Å²) in [4.78, 5) is 23.7. The molecule has 3 fully saturated rings. The molecule has 1 amide bonds. The molecule has 4 heteroatoms. The van der Waals surface area contributed by atoms with Gasteiger partial charge in [0.25, 0.3) is 0 Å². The third kappa shape index (κ3) is 2.77. The van der Waals surface area contributed by atoms with E-state index < -0.39 is 11.4 Å².